The summed E-state index contributed by atoms with van der Waals surface area (Å²) in [4.78, 5) is 0. The van der Waals surface area contributed by atoms with E-state index in [9.17, 15) is 0 Å². The van der Waals surface area contributed by atoms with Crippen molar-refractivity contribution in [1.82, 2.24) is 0 Å². The Morgan fingerprint density at radius 1 is 0.919 bits per heavy atom. The molecular weight excluding hydrogens is 463 g/mol. The van der Waals surface area contributed by atoms with Gasteiger partial charge < -0.3 is 14.2 Å². The summed E-state index contributed by atoms with van der Waals surface area (Å²) in [5.74, 6) is 2.54. The third-order valence-corrected chi connectivity index (χ3v) is 8.04. The molecule has 0 saturated heterocycles. The van der Waals surface area contributed by atoms with E-state index in [1.165, 1.54) is 36.5 Å². The number of benzene rings is 3. The number of hydrogen-bond donors (Lipinski definition) is 0. The van der Waals surface area contributed by atoms with E-state index in [2.05, 4.69) is 52.0 Å². The molecule has 2 unspecified atom stereocenters. The van der Waals surface area contributed by atoms with Crippen LogP contribution in [0.1, 0.15) is 82.1 Å². The standard InChI is InChI=1S/C33H41FO3/c1-7-27(23-12-13-23)24-11-9-10-22(18-24)21-37-26-14-16-28(29-19-25(35-5)15-17-31(29)34)30(20-26)32(36-6)33(3,4)8-2/h9-11,14-20,23,27,32H,7-8,12-13,21H2,1-6H3. The van der Waals surface area contributed by atoms with Gasteiger partial charge in [0, 0.05) is 12.7 Å². The first-order chi connectivity index (χ1) is 17.8. The molecule has 0 bridgehead atoms. The fourth-order valence-corrected chi connectivity index (χ4v) is 5.40. The highest BCUT2D eigenvalue weighted by atomic mass is 19.1. The average molecular weight is 505 g/mol. The quantitative estimate of drug-likeness (QED) is 0.246. The van der Waals surface area contributed by atoms with E-state index >= 15 is 4.39 Å². The van der Waals surface area contributed by atoms with Gasteiger partial charge in [0.05, 0.1) is 13.2 Å². The van der Waals surface area contributed by atoms with E-state index in [-0.39, 0.29) is 17.3 Å². The van der Waals surface area contributed by atoms with Crippen molar-refractivity contribution in [2.45, 2.75) is 72.0 Å². The fraction of sp³-hybridized carbons (Fsp3) is 0.455. The molecule has 3 aromatic carbocycles. The van der Waals surface area contributed by atoms with Crippen LogP contribution in [0.5, 0.6) is 11.5 Å². The van der Waals surface area contributed by atoms with Gasteiger partial charge in [-0.1, -0.05) is 58.0 Å². The molecule has 1 fully saturated rings. The largest absolute Gasteiger partial charge is 0.497 e. The molecule has 1 aliphatic carbocycles. The minimum atomic E-state index is -0.294. The maximum Gasteiger partial charge on any atom is 0.131 e. The third kappa shape index (κ3) is 6.18. The first kappa shape index (κ1) is 27.2. The molecule has 1 saturated carbocycles. The molecule has 0 heterocycles. The lowest BCUT2D eigenvalue weighted by molar-refractivity contribution is 0.00316. The topological polar surface area (TPSA) is 27.7 Å². The predicted octanol–water partition coefficient (Wildman–Crippen LogP) is 9.11. The van der Waals surface area contributed by atoms with Crippen molar-refractivity contribution < 1.29 is 18.6 Å². The number of methoxy groups -OCH3 is 2. The minimum Gasteiger partial charge on any atom is -0.497 e. The number of ether oxygens (including phenoxy) is 3. The second-order valence-electron chi connectivity index (χ2n) is 10.9. The summed E-state index contributed by atoms with van der Waals surface area (Å²) >= 11 is 0. The van der Waals surface area contributed by atoms with E-state index < -0.39 is 0 Å². The van der Waals surface area contributed by atoms with Crippen LogP contribution in [-0.2, 0) is 11.3 Å². The van der Waals surface area contributed by atoms with Crippen LogP contribution in [-0.4, -0.2) is 14.2 Å². The molecule has 2 atom stereocenters. The highest BCUT2D eigenvalue weighted by molar-refractivity contribution is 5.71. The Labute approximate surface area is 222 Å². The first-order valence-electron chi connectivity index (χ1n) is 13.5. The summed E-state index contributed by atoms with van der Waals surface area (Å²) in [7, 11) is 3.31. The summed E-state index contributed by atoms with van der Waals surface area (Å²) < 4.78 is 32.8. The van der Waals surface area contributed by atoms with Gasteiger partial charge in [0.15, 0.2) is 0 Å². The van der Waals surface area contributed by atoms with Crippen molar-refractivity contribution in [1.29, 1.82) is 0 Å². The van der Waals surface area contributed by atoms with Crippen molar-refractivity contribution in [3.05, 3.63) is 83.2 Å². The molecule has 3 nitrogen and oxygen atoms in total. The van der Waals surface area contributed by atoms with Gasteiger partial charge >= 0.3 is 0 Å². The summed E-state index contributed by atoms with van der Waals surface area (Å²) in [6, 6.07) is 19.5. The van der Waals surface area contributed by atoms with Crippen LogP contribution in [0, 0.1) is 17.2 Å². The molecule has 3 aromatic rings. The van der Waals surface area contributed by atoms with Gasteiger partial charge in [0.25, 0.3) is 0 Å². The van der Waals surface area contributed by atoms with Crippen LogP contribution >= 0.6 is 0 Å². The van der Waals surface area contributed by atoms with E-state index in [1.54, 1.807) is 26.4 Å². The summed E-state index contributed by atoms with van der Waals surface area (Å²) in [5, 5.41) is 0. The lowest BCUT2D eigenvalue weighted by Gasteiger charge is -2.34. The molecule has 4 heteroatoms. The van der Waals surface area contributed by atoms with Crippen molar-refractivity contribution in [2.75, 3.05) is 14.2 Å². The van der Waals surface area contributed by atoms with Crippen molar-refractivity contribution in [3.63, 3.8) is 0 Å². The zero-order chi connectivity index (χ0) is 26.6. The second-order valence-corrected chi connectivity index (χ2v) is 10.9. The molecular formula is C33H41FO3. The van der Waals surface area contributed by atoms with Gasteiger partial charge in [-0.05, 0) is 95.5 Å². The Hall–Kier alpha value is -2.85. The highest BCUT2D eigenvalue weighted by Gasteiger charge is 2.33. The summed E-state index contributed by atoms with van der Waals surface area (Å²) in [5.41, 5.74) is 4.61. The van der Waals surface area contributed by atoms with E-state index in [0.717, 1.165) is 29.2 Å². The summed E-state index contributed by atoms with van der Waals surface area (Å²) in [6.07, 6.45) is 4.53. The Morgan fingerprint density at radius 2 is 1.68 bits per heavy atom. The molecule has 0 spiro atoms. The minimum absolute atomic E-state index is 0.163. The zero-order valence-corrected chi connectivity index (χ0v) is 23.1. The predicted molar refractivity (Wildman–Crippen MR) is 149 cm³/mol. The van der Waals surface area contributed by atoms with Crippen LogP contribution in [0.2, 0.25) is 0 Å². The van der Waals surface area contributed by atoms with Crippen LogP contribution in [0.25, 0.3) is 11.1 Å². The van der Waals surface area contributed by atoms with Gasteiger partial charge in [0.1, 0.15) is 23.9 Å². The average Bonchev–Trinajstić information content (AvgIpc) is 3.74. The molecule has 0 aliphatic heterocycles. The molecule has 4 rings (SSSR count). The normalized spacial score (nSPS) is 15.3. The van der Waals surface area contributed by atoms with Crippen LogP contribution < -0.4 is 9.47 Å². The molecule has 0 amide bonds. The van der Waals surface area contributed by atoms with Crippen LogP contribution in [0.15, 0.2) is 60.7 Å². The van der Waals surface area contributed by atoms with Gasteiger partial charge in [0.2, 0.25) is 0 Å². The smallest absolute Gasteiger partial charge is 0.131 e. The molecule has 37 heavy (non-hydrogen) atoms. The number of hydrogen-bond acceptors (Lipinski definition) is 3. The molecule has 0 radical (unpaired) electrons. The Balaban J connectivity index is 1.67. The lowest BCUT2D eigenvalue weighted by Crippen LogP contribution is -2.23. The third-order valence-electron chi connectivity index (χ3n) is 8.04. The molecule has 0 aromatic heterocycles. The van der Waals surface area contributed by atoms with Gasteiger partial charge in [-0.15, -0.1) is 0 Å². The monoisotopic (exact) mass is 504 g/mol. The fourth-order valence-electron chi connectivity index (χ4n) is 5.40. The van der Waals surface area contributed by atoms with E-state index in [1.807, 2.05) is 18.2 Å². The van der Waals surface area contributed by atoms with Crippen LogP contribution in [0.4, 0.5) is 4.39 Å². The maximum absolute atomic E-state index is 15.1. The van der Waals surface area contributed by atoms with Gasteiger partial charge in [-0.2, -0.15) is 0 Å². The van der Waals surface area contributed by atoms with Crippen molar-refractivity contribution in [3.8, 4) is 22.6 Å². The molecule has 1 aliphatic rings. The number of halogens is 1. The van der Waals surface area contributed by atoms with Crippen LogP contribution in [0.3, 0.4) is 0 Å². The maximum atomic E-state index is 15.1. The molecule has 0 N–H and O–H groups in total. The lowest BCUT2D eigenvalue weighted by atomic mass is 9.78. The van der Waals surface area contributed by atoms with Crippen molar-refractivity contribution >= 4 is 0 Å². The number of rotatable bonds is 12. The Kier molecular flexibility index (Phi) is 8.59. The Bertz CT molecular complexity index is 1200. The van der Waals surface area contributed by atoms with Gasteiger partial charge in [-0.3, -0.25) is 0 Å². The molecule has 198 valence electrons. The summed E-state index contributed by atoms with van der Waals surface area (Å²) in [6.45, 7) is 9.27. The first-order valence-corrected chi connectivity index (χ1v) is 13.5. The highest BCUT2D eigenvalue weighted by Crippen LogP contribution is 2.46. The second kappa shape index (κ2) is 11.7. The Morgan fingerprint density at radius 3 is 2.32 bits per heavy atom. The van der Waals surface area contributed by atoms with E-state index in [0.29, 0.717) is 23.8 Å². The van der Waals surface area contributed by atoms with Gasteiger partial charge in [-0.25, -0.2) is 4.39 Å². The SMILES string of the molecule is CCC(c1cccc(COc2ccc(-c3cc(OC)ccc3F)c(C(OC)C(C)(C)CC)c2)c1)C1CC1. The van der Waals surface area contributed by atoms with Crippen molar-refractivity contribution in [2.24, 2.45) is 11.3 Å². The zero-order valence-electron chi connectivity index (χ0n) is 23.1. The van der Waals surface area contributed by atoms with E-state index in [4.69, 9.17) is 14.2 Å².